The van der Waals surface area contributed by atoms with E-state index in [0.29, 0.717) is 25.8 Å². The van der Waals surface area contributed by atoms with E-state index >= 15 is 0 Å². The number of hydrogen-bond acceptors (Lipinski definition) is 4. The highest BCUT2D eigenvalue weighted by Crippen LogP contribution is 2.37. The topological polar surface area (TPSA) is 77.9 Å². The molecule has 2 N–H and O–H groups in total. The molecule has 0 bridgehead atoms. The van der Waals surface area contributed by atoms with Crippen molar-refractivity contribution in [2.24, 2.45) is 10.7 Å². The molecule has 3 atom stereocenters. The minimum atomic E-state index is 0.129. The largest absolute Gasteiger partial charge is 0.378 e. The maximum absolute atomic E-state index is 6.14. The Bertz CT molecular complexity index is 470. The van der Waals surface area contributed by atoms with Gasteiger partial charge in [-0.1, -0.05) is 0 Å². The number of aliphatic imine (C=N–C) groups is 1. The third kappa shape index (κ3) is 3.03. The number of ether oxygens (including phenoxy) is 2. The Balaban J connectivity index is 1.69. The van der Waals surface area contributed by atoms with E-state index in [0.717, 1.165) is 19.5 Å². The lowest BCUT2D eigenvalue weighted by atomic mass is 9.83. The summed E-state index contributed by atoms with van der Waals surface area (Å²) in [5, 5.41) is 4.33. The lowest BCUT2D eigenvalue weighted by Gasteiger charge is -2.42. The van der Waals surface area contributed by atoms with Gasteiger partial charge in [-0.3, -0.25) is 4.68 Å². The molecule has 0 amide bonds. The van der Waals surface area contributed by atoms with Crippen molar-refractivity contribution in [1.29, 1.82) is 0 Å². The van der Waals surface area contributed by atoms with E-state index in [-0.39, 0.29) is 18.2 Å². The fraction of sp³-hybridized carbons (Fsp3) is 0.714. The Kier molecular flexibility index (Phi) is 4.40. The molecule has 0 radical (unpaired) electrons. The van der Waals surface area contributed by atoms with E-state index < -0.39 is 0 Å². The predicted molar refractivity (Wildman–Crippen MR) is 79.1 cm³/mol. The molecule has 0 spiro atoms. The highest BCUT2D eigenvalue weighted by Gasteiger charge is 2.44. The molecule has 2 heterocycles. The van der Waals surface area contributed by atoms with Crippen molar-refractivity contribution in [3.63, 3.8) is 0 Å². The standard InChI is InChI=1S/C14H23N5O2/c1-2-21-12-10-11(13(12)19-5-3-4-16-19)17-14(15)18-6-8-20-9-7-18/h3-5,11-13H,2,6-10H2,1H3,(H2,15,17). The van der Waals surface area contributed by atoms with Crippen molar-refractivity contribution in [3.05, 3.63) is 18.5 Å². The van der Waals surface area contributed by atoms with Crippen LogP contribution in [0.25, 0.3) is 0 Å². The number of rotatable bonds is 4. The normalized spacial score (nSPS) is 30.2. The fourth-order valence-corrected chi connectivity index (χ4v) is 2.93. The second kappa shape index (κ2) is 6.44. The molecule has 3 unspecified atom stereocenters. The van der Waals surface area contributed by atoms with Crippen molar-refractivity contribution in [3.8, 4) is 0 Å². The molecule has 2 fully saturated rings. The Labute approximate surface area is 124 Å². The Morgan fingerprint density at radius 3 is 2.95 bits per heavy atom. The molecule has 116 valence electrons. The molecule has 21 heavy (non-hydrogen) atoms. The smallest absolute Gasteiger partial charge is 0.191 e. The van der Waals surface area contributed by atoms with Crippen LogP contribution in [-0.4, -0.2) is 65.7 Å². The van der Waals surface area contributed by atoms with Crippen LogP contribution in [0.3, 0.4) is 0 Å². The van der Waals surface area contributed by atoms with Gasteiger partial charge in [-0.2, -0.15) is 5.10 Å². The quantitative estimate of drug-likeness (QED) is 0.636. The number of hydrogen-bond donors (Lipinski definition) is 1. The van der Waals surface area contributed by atoms with E-state index in [2.05, 4.69) is 10.00 Å². The summed E-state index contributed by atoms with van der Waals surface area (Å²) in [5.41, 5.74) is 6.14. The van der Waals surface area contributed by atoms with Gasteiger partial charge >= 0.3 is 0 Å². The highest BCUT2D eigenvalue weighted by atomic mass is 16.5. The average molecular weight is 293 g/mol. The zero-order chi connectivity index (χ0) is 14.7. The molecule has 7 nitrogen and oxygen atoms in total. The van der Waals surface area contributed by atoms with Crippen LogP contribution in [0.1, 0.15) is 19.4 Å². The van der Waals surface area contributed by atoms with E-state index in [1.54, 1.807) is 6.20 Å². The van der Waals surface area contributed by atoms with Gasteiger partial charge < -0.3 is 20.1 Å². The van der Waals surface area contributed by atoms with Gasteiger partial charge in [0.1, 0.15) is 6.04 Å². The van der Waals surface area contributed by atoms with Gasteiger partial charge in [0.25, 0.3) is 0 Å². The summed E-state index contributed by atoms with van der Waals surface area (Å²) in [6.07, 6.45) is 4.81. The van der Waals surface area contributed by atoms with Crippen LogP contribution in [0, 0.1) is 0 Å². The molecule has 1 aliphatic carbocycles. The van der Waals surface area contributed by atoms with Gasteiger partial charge in [-0.05, 0) is 13.0 Å². The van der Waals surface area contributed by atoms with Crippen LogP contribution >= 0.6 is 0 Å². The molecule has 1 saturated heterocycles. The highest BCUT2D eigenvalue weighted by molar-refractivity contribution is 5.78. The minimum absolute atomic E-state index is 0.129. The molecule has 3 rings (SSSR count). The molecule has 1 aromatic heterocycles. The Morgan fingerprint density at radius 2 is 2.29 bits per heavy atom. The fourth-order valence-electron chi connectivity index (χ4n) is 2.93. The summed E-state index contributed by atoms with van der Waals surface area (Å²) in [6, 6.07) is 2.19. The summed E-state index contributed by atoms with van der Waals surface area (Å²) < 4.78 is 13.0. The lowest BCUT2D eigenvalue weighted by molar-refractivity contribution is -0.0509. The summed E-state index contributed by atoms with van der Waals surface area (Å²) >= 11 is 0. The Morgan fingerprint density at radius 1 is 1.48 bits per heavy atom. The van der Waals surface area contributed by atoms with Crippen molar-refractivity contribution in [2.75, 3.05) is 32.9 Å². The number of guanidine groups is 1. The number of nitrogens with zero attached hydrogens (tertiary/aromatic N) is 4. The monoisotopic (exact) mass is 293 g/mol. The molecule has 7 heteroatoms. The first-order chi connectivity index (χ1) is 10.3. The van der Waals surface area contributed by atoms with Gasteiger partial charge in [0.05, 0.1) is 25.4 Å². The zero-order valence-electron chi connectivity index (χ0n) is 12.4. The zero-order valence-corrected chi connectivity index (χ0v) is 12.4. The molecule has 0 aromatic carbocycles. The average Bonchev–Trinajstić information content (AvgIpc) is 3.00. The summed E-state index contributed by atoms with van der Waals surface area (Å²) in [6.45, 7) is 5.76. The van der Waals surface area contributed by atoms with Crippen LogP contribution in [0.4, 0.5) is 0 Å². The van der Waals surface area contributed by atoms with Crippen LogP contribution in [0.15, 0.2) is 23.5 Å². The first-order valence-corrected chi connectivity index (χ1v) is 7.56. The maximum Gasteiger partial charge on any atom is 0.191 e. The van der Waals surface area contributed by atoms with Gasteiger partial charge in [-0.25, -0.2) is 4.99 Å². The van der Waals surface area contributed by atoms with E-state index in [1.807, 2.05) is 23.9 Å². The molecular weight excluding hydrogens is 270 g/mol. The van der Waals surface area contributed by atoms with E-state index in [1.165, 1.54) is 0 Å². The SMILES string of the molecule is CCOC1CC(N=C(N)N2CCOCC2)C1n1cccn1. The van der Waals surface area contributed by atoms with Gasteiger partial charge in [0, 0.05) is 38.5 Å². The molecular formula is C14H23N5O2. The van der Waals surface area contributed by atoms with Crippen LogP contribution < -0.4 is 5.73 Å². The first kappa shape index (κ1) is 14.3. The summed E-state index contributed by atoms with van der Waals surface area (Å²) in [7, 11) is 0. The van der Waals surface area contributed by atoms with Crippen LogP contribution in [0.5, 0.6) is 0 Å². The maximum atomic E-state index is 6.14. The molecule has 1 aliphatic heterocycles. The number of aromatic nitrogens is 2. The van der Waals surface area contributed by atoms with Gasteiger partial charge in [0.15, 0.2) is 5.96 Å². The van der Waals surface area contributed by atoms with Crippen LogP contribution in [0.2, 0.25) is 0 Å². The van der Waals surface area contributed by atoms with Crippen molar-refractivity contribution in [2.45, 2.75) is 31.5 Å². The molecule has 1 aromatic rings. The first-order valence-electron chi connectivity index (χ1n) is 7.56. The van der Waals surface area contributed by atoms with Crippen molar-refractivity contribution in [1.82, 2.24) is 14.7 Å². The number of nitrogens with two attached hydrogens (primary N) is 1. The minimum Gasteiger partial charge on any atom is -0.378 e. The lowest BCUT2D eigenvalue weighted by Crippen LogP contribution is -2.51. The van der Waals surface area contributed by atoms with Gasteiger partial charge in [0.2, 0.25) is 0 Å². The Hall–Kier alpha value is -1.60. The summed E-state index contributed by atoms with van der Waals surface area (Å²) in [4.78, 5) is 6.78. The van der Waals surface area contributed by atoms with Crippen molar-refractivity contribution < 1.29 is 9.47 Å². The second-order valence-electron chi connectivity index (χ2n) is 5.36. The number of morpholine rings is 1. The predicted octanol–water partition coefficient (Wildman–Crippen LogP) is 0.249. The van der Waals surface area contributed by atoms with Crippen molar-refractivity contribution >= 4 is 5.96 Å². The second-order valence-corrected chi connectivity index (χ2v) is 5.36. The van der Waals surface area contributed by atoms with E-state index in [9.17, 15) is 0 Å². The van der Waals surface area contributed by atoms with Gasteiger partial charge in [-0.15, -0.1) is 0 Å². The summed E-state index contributed by atoms with van der Waals surface area (Å²) in [5.74, 6) is 0.607. The van der Waals surface area contributed by atoms with E-state index in [4.69, 9.17) is 20.2 Å². The molecule has 1 saturated carbocycles. The van der Waals surface area contributed by atoms with Crippen LogP contribution in [-0.2, 0) is 9.47 Å². The molecule has 2 aliphatic rings. The third-order valence-electron chi connectivity index (χ3n) is 4.09. The third-order valence-corrected chi connectivity index (χ3v) is 4.09.